The first kappa shape index (κ1) is 12.4. The maximum absolute atomic E-state index is 5.99. The second-order valence-electron chi connectivity index (χ2n) is 7.95. The molecule has 0 bridgehead atoms. The topological polar surface area (TPSA) is 29.3 Å². The van der Waals surface area contributed by atoms with Gasteiger partial charge in [-0.15, -0.1) is 0 Å². The van der Waals surface area contributed by atoms with Gasteiger partial charge < -0.3 is 5.73 Å². The Morgan fingerprint density at radius 3 is 2.00 bits per heavy atom. The lowest BCUT2D eigenvalue weighted by atomic mass is 9.80. The summed E-state index contributed by atoms with van der Waals surface area (Å²) >= 11 is 0. The van der Waals surface area contributed by atoms with Crippen LogP contribution >= 0.6 is 0 Å². The van der Waals surface area contributed by atoms with E-state index in [0.717, 1.165) is 12.6 Å². The van der Waals surface area contributed by atoms with Crippen molar-refractivity contribution >= 4 is 0 Å². The Hall–Kier alpha value is -0.0800. The van der Waals surface area contributed by atoms with E-state index in [-0.39, 0.29) is 5.54 Å². The predicted octanol–water partition coefficient (Wildman–Crippen LogP) is 2.62. The Balaban J connectivity index is 2.27. The average Bonchev–Trinajstić information content (AvgIpc) is 2.68. The number of likely N-dealkylation sites (tertiary alicyclic amines) is 1. The van der Waals surface area contributed by atoms with Crippen LogP contribution in [0.2, 0.25) is 0 Å². The minimum atomic E-state index is 0.274. The molecule has 0 amide bonds. The zero-order valence-electron chi connectivity index (χ0n) is 11.8. The molecule has 0 aromatic rings. The molecule has 0 aromatic carbocycles. The fourth-order valence-electron chi connectivity index (χ4n) is 3.60. The molecule has 3 atom stereocenters. The molecule has 2 heteroatoms. The molecule has 2 fully saturated rings. The molecule has 1 unspecified atom stereocenters. The highest BCUT2D eigenvalue weighted by atomic mass is 15.3. The molecule has 16 heavy (non-hydrogen) atoms. The van der Waals surface area contributed by atoms with Crippen LogP contribution in [0.5, 0.6) is 0 Å². The molecular weight excluding hydrogens is 196 g/mol. The van der Waals surface area contributed by atoms with E-state index in [0.29, 0.717) is 16.9 Å². The van der Waals surface area contributed by atoms with E-state index in [4.69, 9.17) is 5.73 Å². The minimum absolute atomic E-state index is 0.274. The van der Waals surface area contributed by atoms with Crippen LogP contribution in [-0.4, -0.2) is 29.1 Å². The highest BCUT2D eigenvalue weighted by Crippen LogP contribution is 2.63. The molecule has 1 saturated heterocycles. The van der Waals surface area contributed by atoms with Gasteiger partial charge in [0, 0.05) is 23.0 Å². The third-order valence-corrected chi connectivity index (χ3v) is 4.60. The molecule has 0 radical (unpaired) electrons. The van der Waals surface area contributed by atoms with Crippen molar-refractivity contribution in [3.63, 3.8) is 0 Å². The van der Waals surface area contributed by atoms with Crippen molar-refractivity contribution in [3.8, 4) is 0 Å². The van der Waals surface area contributed by atoms with Gasteiger partial charge in [0.05, 0.1) is 0 Å². The lowest BCUT2D eigenvalue weighted by Crippen LogP contribution is -2.51. The maximum Gasteiger partial charge on any atom is 0.0180 e. The van der Waals surface area contributed by atoms with Crippen LogP contribution in [0.15, 0.2) is 0 Å². The van der Waals surface area contributed by atoms with Crippen molar-refractivity contribution < 1.29 is 0 Å². The third-order valence-electron chi connectivity index (χ3n) is 4.60. The van der Waals surface area contributed by atoms with Gasteiger partial charge in [0.15, 0.2) is 0 Å². The second-order valence-corrected chi connectivity index (χ2v) is 7.95. The van der Waals surface area contributed by atoms with Gasteiger partial charge in [-0.05, 0) is 45.6 Å². The zero-order chi connectivity index (χ0) is 12.4. The van der Waals surface area contributed by atoms with Crippen LogP contribution in [-0.2, 0) is 0 Å². The molecule has 1 aliphatic carbocycles. The summed E-state index contributed by atoms with van der Waals surface area (Å²) in [5.74, 6) is 0. The number of rotatable bonds is 1. The normalized spacial score (nSPS) is 39.9. The maximum atomic E-state index is 5.99. The number of nitrogens with two attached hydrogens (primary N) is 1. The summed E-state index contributed by atoms with van der Waals surface area (Å²) in [5.41, 5.74) is 7.10. The van der Waals surface area contributed by atoms with Gasteiger partial charge >= 0.3 is 0 Å². The van der Waals surface area contributed by atoms with E-state index >= 15 is 0 Å². The van der Waals surface area contributed by atoms with Gasteiger partial charge in [-0.2, -0.15) is 0 Å². The molecular formula is C14H28N2. The highest BCUT2D eigenvalue weighted by molar-refractivity contribution is 5.20. The Kier molecular flexibility index (Phi) is 2.50. The van der Waals surface area contributed by atoms with Gasteiger partial charge in [-0.3, -0.25) is 4.90 Å². The van der Waals surface area contributed by atoms with Crippen molar-refractivity contribution in [1.29, 1.82) is 0 Å². The molecule has 2 rings (SSSR count). The quantitative estimate of drug-likeness (QED) is 0.742. The lowest BCUT2D eigenvalue weighted by molar-refractivity contribution is 0.0362. The van der Waals surface area contributed by atoms with Crippen LogP contribution in [0.1, 0.15) is 54.4 Å². The largest absolute Gasteiger partial charge is 0.330 e. The van der Waals surface area contributed by atoms with E-state index in [1.807, 2.05) is 0 Å². The molecule has 1 heterocycles. The zero-order valence-corrected chi connectivity index (χ0v) is 11.8. The van der Waals surface area contributed by atoms with E-state index in [9.17, 15) is 0 Å². The molecule has 94 valence electrons. The Morgan fingerprint density at radius 1 is 1.12 bits per heavy atom. The summed E-state index contributed by atoms with van der Waals surface area (Å²) < 4.78 is 0. The minimum Gasteiger partial charge on any atom is -0.330 e. The van der Waals surface area contributed by atoms with Crippen LogP contribution < -0.4 is 5.73 Å². The predicted molar refractivity (Wildman–Crippen MR) is 69.3 cm³/mol. The third kappa shape index (κ3) is 1.70. The van der Waals surface area contributed by atoms with E-state index in [2.05, 4.69) is 46.4 Å². The smallest absolute Gasteiger partial charge is 0.0180 e. The van der Waals surface area contributed by atoms with Crippen LogP contribution in [0.25, 0.3) is 0 Å². The van der Waals surface area contributed by atoms with E-state index in [1.165, 1.54) is 12.8 Å². The Bertz CT molecular complexity index is 284. The molecule has 1 aliphatic heterocycles. The van der Waals surface area contributed by atoms with Gasteiger partial charge in [-0.1, -0.05) is 20.8 Å². The monoisotopic (exact) mass is 224 g/mol. The number of hydrogen-bond acceptors (Lipinski definition) is 2. The lowest BCUT2D eigenvalue weighted by Gasteiger charge is -2.45. The summed E-state index contributed by atoms with van der Waals surface area (Å²) in [5, 5.41) is 0. The fraction of sp³-hybridized carbons (Fsp3) is 1.00. The molecule has 0 aromatic heterocycles. The first-order valence-corrected chi connectivity index (χ1v) is 6.60. The number of fused-ring (bicyclic) bond motifs is 1. The van der Waals surface area contributed by atoms with Crippen LogP contribution in [0.3, 0.4) is 0 Å². The van der Waals surface area contributed by atoms with Crippen molar-refractivity contribution in [3.05, 3.63) is 0 Å². The average molecular weight is 224 g/mol. The molecule has 0 spiro atoms. The van der Waals surface area contributed by atoms with Crippen molar-refractivity contribution in [1.82, 2.24) is 4.90 Å². The summed E-state index contributed by atoms with van der Waals surface area (Å²) in [4.78, 5) is 2.75. The molecule has 2 aliphatic rings. The van der Waals surface area contributed by atoms with Gasteiger partial charge in [0.25, 0.3) is 0 Å². The number of hydrogen-bond donors (Lipinski definition) is 1. The van der Waals surface area contributed by atoms with Crippen molar-refractivity contribution in [2.75, 3.05) is 6.54 Å². The molecule has 1 saturated carbocycles. The summed E-state index contributed by atoms with van der Waals surface area (Å²) in [6.07, 6.45) is 2.63. The number of nitrogens with zero attached hydrogens (tertiary/aromatic N) is 1. The van der Waals surface area contributed by atoms with Crippen LogP contribution in [0.4, 0.5) is 0 Å². The molecule has 2 nitrogen and oxygen atoms in total. The van der Waals surface area contributed by atoms with Gasteiger partial charge in [-0.25, -0.2) is 0 Å². The van der Waals surface area contributed by atoms with E-state index < -0.39 is 0 Å². The Morgan fingerprint density at radius 2 is 1.69 bits per heavy atom. The van der Waals surface area contributed by atoms with E-state index in [1.54, 1.807) is 0 Å². The standard InChI is InChI=1S/C14H28N2/c1-12(2,3)10-7-14(9-15)8-11(14)16(10)13(4,5)6/h10-11H,7-9,15H2,1-6H3/t10?,11-,14+/m1/s1. The first-order valence-electron chi connectivity index (χ1n) is 6.60. The molecule has 2 N–H and O–H groups in total. The van der Waals surface area contributed by atoms with Crippen molar-refractivity contribution in [2.45, 2.75) is 72.0 Å². The highest BCUT2D eigenvalue weighted by Gasteiger charge is 2.66. The Labute approximate surface area is 101 Å². The SMILES string of the molecule is CC(C)(C)C1C[C@@]2(CN)C[C@H]2N1C(C)(C)C. The fourth-order valence-corrected chi connectivity index (χ4v) is 3.60. The first-order chi connectivity index (χ1) is 7.12. The van der Waals surface area contributed by atoms with Crippen molar-refractivity contribution in [2.24, 2.45) is 16.6 Å². The summed E-state index contributed by atoms with van der Waals surface area (Å²) in [7, 11) is 0. The van der Waals surface area contributed by atoms with Gasteiger partial charge in [0.2, 0.25) is 0 Å². The second kappa shape index (κ2) is 3.23. The summed E-state index contributed by atoms with van der Waals surface area (Å²) in [6.45, 7) is 15.0. The van der Waals surface area contributed by atoms with Gasteiger partial charge in [0.1, 0.15) is 0 Å². The van der Waals surface area contributed by atoms with Crippen LogP contribution in [0, 0.1) is 10.8 Å². The summed E-state index contributed by atoms with van der Waals surface area (Å²) in [6, 6.07) is 1.44. The number of piperidine rings is 1.